The smallest absolute Gasteiger partial charge is 0.364 e. The highest BCUT2D eigenvalue weighted by Crippen LogP contribution is 2.36. The Labute approximate surface area is 424 Å². The molecule has 4 fully saturated rings. The lowest BCUT2D eigenvalue weighted by molar-refractivity contribution is -0.367. The summed E-state index contributed by atoms with van der Waals surface area (Å²) in [7, 11) is 0. The van der Waals surface area contributed by atoms with Crippen LogP contribution in [0.5, 0.6) is 5.75 Å². The van der Waals surface area contributed by atoms with Gasteiger partial charge in [0.2, 0.25) is 11.8 Å². The molecule has 3 saturated heterocycles. The highest BCUT2D eigenvalue weighted by Gasteiger charge is 2.57. The van der Waals surface area contributed by atoms with E-state index in [2.05, 4.69) is 38.9 Å². The van der Waals surface area contributed by atoms with Crippen molar-refractivity contribution in [3.8, 4) is 5.75 Å². The highest BCUT2D eigenvalue weighted by molar-refractivity contribution is 7.80. The van der Waals surface area contributed by atoms with Crippen molar-refractivity contribution in [1.82, 2.24) is 30.9 Å². The number of aryl methyl sites for hydroxylation is 2. The molecule has 27 nitrogen and oxygen atoms in total. The topological polar surface area (TPSA) is 413 Å². The van der Waals surface area contributed by atoms with Crippen molar-refractivity contribution in [1.29, 1.82) is 0 Å². The number of hydrogen-bond donors (Lipinski definition) is 15. The van der Waals surface area contributed by atoms with E-state index in [-0.39, 0.29) is 42.7 Å². The number of aromatic nitrogens is 3. The fourth-order valence-electron chi connectivity index (χ4n) is 9.25. The number of hydrogen-bond acceptors (Lipinski definition) is 23. The second-order valence-corrected chi connectivity index (χ2v) is 19.2. The van der Waals surface area contributed by atoms with Gasteiger partial charge in [-0.05, 0) is 55.7 Å². The van der Waals surface area contributed by atoms with Crippen LogP contribution in [0.1, 0.15) is 78.0 Å². The summed E-state index contributed by atoms with van der Waals surface area (Å²) >= 11 is 3.98. The Hall–Kier alpha value is -4.21. The molecular formula is C45H68N6O21S. The summed E-state index contributed by atoms with van der Waals surface area (Å²) in [6, 6.07) is 1.09. The number of carbonyl (C=O) groups excluding carboxylic acids is 3. The van der Waals surface area contributed by atoms with E-state index in [0.29, 0.717) is 22.6 Å². The maximum absolute atomic E-state index is 13.6. The van der Waals surface area contributed by atoms with Gasteiger partial charge < -0.3 is 101 Å². The van der Waals surface area contributed by atoms with E-state index >= 15 is 0 Å². The Morgan fingerprint density at radius 2 is 1.58 bits per heavy atom. The van der Waals surface area contributed by atoms with Crippen molar-refractivity contribution < 1.29 is 104 Å². The normalized spacial score (nSPS) is 32.8. The number of aliphatic hydroxyl groups excluding tert-OH is 9. The molecule has 16 atom stereocenters. The predicted octanol–water partition coefficient (Wildman–Crippen LogP) is -4.68. The minimum atomic E-state index is -2.98. The number of aromatic hydroxyl groups is 1. The second kappa shape index (κ2) is 26.0. The number of rotatable bonds is 22. The van der Waals surface area contributed by atoms with Crippen LogP contribution in [0.15, 0.2) is 18.3 Å². The molecule has 4 aliphatic rings. The van der Waals surface area contributed by atoms with Gasteiger partial charge in [-0.3, -0.25) is 14.4 Å². The molecular weight excluding hydrogens is 993 g/mol. The molecule has 0 bridgehead atoms. The second-order valence-electron chi connectivity index (χ2n) is 18.7. The van der Waals surface area contributed by atoms with Crippen LogP contribution in [0.3, 0.4) is 0 Å². The number of carbonyl (C=O) groups is 4. The largest absolute Gasteiger partial charge is 0.507 e. The van der Waals surface area contributed by atoms with E-state index in [1.165, 1.54) is 16.8 Å². The molecule has 0 spiro atoms. The summed E-state index contributed by atoms with van der Waals surface area (Å²) in [6.45, 7) is -0.103. The summed E-state index contributed by atoms with van der Waals surface area (Å²) < 4.78 is 35.4. The van der Waals surface area contributed by atoms with Crippen LogP contribution in [-0.4, -0.2) is 231 Å². The fraction of sp³-hybridized carbons (Fsp3) is 0.733. The molecule has 1 saturated carbocycles. The monoisotopic (exact) mass is 1060 g/mol. The molecule has 1 aliphatic carbocycles. The molecule has 1 aromatic heterocycles. The van der Waals surface area contributed by atoms with E-state index < -0.39 is 148 Å². The van der Waals surface area contributed by atoms with Gasteiger partial charge in [-0.1, -0.05) is 24.5 Å². The van der Waals surface area contributed by atoms with Crippen LogP contribution in [0.4, 0.5) is 0 Å². The maximum Gasteiger partial charge on any atom is 0.364 e. The third-order valence-corrected chi connectivity index (χ3v) is 13.6. The molecule has 4 heterocycles. The molecule has 14 N–H and O–H groups in total. The number of thiol groups is 1. The van der Waals surface area contributed by atoms with Crippen LogP contribution in [0.2, 0.25) is 0 Å². The van der Waals surface area contributed by atoms with Crippen molar-refractivity contribution in [2.45, 2.75) is 169 Å². The van der Waals surface area contributed by atoms with Crippen LogP contribution < -0.4 is 16.0 Å². The molecule has 6 rings (SSSR count). The molecule has 8 unspecified atom stereocenters. The van der Waals surface area contributed by atoms with Gasteiger partial charge in [0, 0.05) is 43.6 Å². The van der Waals surface area contributed by atoms with E-state index in [0.717, 1.165) is 32.1 Å². The standard InChI is InChI=1S/C45H68N6O21S/c1-20-12-23(13-21(2)32(20)57)41(64)47-15-26(54)33(58)40-31(48-30(56)17-51-16-24(49-50-51)22-6-4-3-5-7-22)25(53)14-45(72-40,44(65)66)68-19-28-34(59)35(60)37(62)43(70-28)71-39-27(18-52)69-42(38(63)36(39)61)67-10-9-46-29(55)8-11-73/h12-13,16,22,25-28,31,33-40,42-43,52-54,57-63,73H,3-11,14-15,17-19H2,1-2H3,(H,46,55)(H,47,64)(H,48,56)(H,65,66)/t25?,26-,27?,28?,31-,33-,34+,35?,36?,37?,38?,39-,40-,42-,43+,45?/m1/s1. The molecule has 0 radical (unpaired) electrons. The zero-order valence-corrected chi connectivity index (χ0v) is 41.1. The van der Waals surface area contributed by atoms with Gasteiger partial charge in [0.25, 0.3) is 11.7 Å². The van der Waals surface area contributed by atoms with E-state index in [9.17, 15) is 75.3 Å². The SMILES string of the molecule is Cc1cc(C(=O)NC[C@@H](O)[C@@H](O)[C@@H]2OC(OCC3O[C@@H](O[C@@H]4C(CO)O[C@@H](OCCNC(=O)CCS)C(O)C4O)C(O)C(O)[C@H]3O)(C(=O)O)CC(O)[C@H]2NC(=O)Cn2cc(C3CCCCC3)nn2)cc(C)c1O. The Kier molecular flexibility index (Phi) is 20.7. The van der Waals surface area contributed by atoms with Gasteiger partial charge >= 0.3 is 5.97 Å². The quantitative estimate of drug-likeness (QED) is 0.0389. The van der Waals surface area contributed by atoms with Gasteiger partial charge in [0.05, 0.1) is 43.8 Å². The Balaban J connectivity index is 1.16. The first-order valence-corrected chi connectivity index (χ1v) is 24.7. The number of aliphatic hydroxyl groups is 9. The molecule has 3 aliphatic heterocycles. The summed E-state index contributed by atoms with van der Waals surface area (Å²) in [6.07, 6.45) is -21.0. The van der Waals surface area contributed by atoms with Crippen LogP contribution in [0, 0.1) is 13.8 Å². The third kappa shape index (κ3) is 14.2. The molecule has 73 heavy (non-hydrogen) atoms. The van der Waals surface area contributed by atoms with Gasteiger partial charge in [-0.2, -0.15) is 12.6 Å². The maximum atomic E-state index is 13.6. The van der Waals surface area contributed by atoms with Crippen LogP contribution in [0.25, 0.3) is 0 Å². The lowest BCUT2D eigenvalue weighted by Crippen LogP contribution is -2.69. The number of phenols is 1. The highest BCUT2D eigenvalue weighted by atomic mass is 32.1. The zero-order chi connectivity index (χ0) is 53.3. The summed E-state index contributed by atoms with van der Waals surface area (Å²) in [5, 5.41) is 136. The summed E-state index contributed by atoms with van der Waals surface area (Å²) in [5.41, 5.74) is 1.54. The lowest BCUT2D eigenvalue weighted by atomic mass is 9.87. The van der Waals surface area contributed by atoms with Crippen LogP contribution in [-0.2, 0) is 49.3 Å². The average molecular weight is 1060 g/mol. The van der Waals surface area contributed by atoms with E-state index in [4.69, 9.17) is 28.4 Å². The third-order valence-electron chi connectivity index (χ3n) is 13.4. The van der Waals surface area contributed by atoms with E-state index in [1.807, 2.05) is 0 Å². The molecule has 3 amide bonds. The minimum Gasteiger partial charge on any atom is -0.507 e. The predicted molar refractivity (Wildman–Crippen MR) is 248 cm³/mol. The molecule has 28 heteroatoms. The number of benzene rings is 1. The Bertz CT molecular complexity index is 2150. The number of carboxylic acid groups (broad SMARTS) is 1. The first-order chi connectivity index (χ1) is 34.7. The van der Waals surface area contributed by atoms with Crippen molar-refractivity contribution >= 4 is 36.3 Å². The Morgan fingerprint density at radius 3 is 2.23 bits per heavy atom. The number of nitrogens with one attached hydrogen (secondary N) is 3. The van der Waals surface area contributed by atoms with Gasteiger partial charge in [-0.15, -0.1) is 5.10 Å². The first-order valence-electron chi connectivity index (χ1n) is 24.0. The van der Waals surface area contributed by atoms with Crippen molar-refractivity contribution in [2.75, 3.05) is 38.7 Å². The number of carboxylic acids is 1. The average Bonchev–Trinajstić information content (AvgIpc) is 3.84. The van der Waals surface area contributed by atoms with Crippen molar-refractivity contribution in [3.63, 3.8) is 0 Å². The van der Waals surface area contributed by atoms with E-state index in [1.54, 1.807) is 20.0 Å². The summed E-state index contributed by atoms with van der Waals surface area (Å²) in [5.74, 6) is -6.34. The molecule has 1 aromatic carbocycles. The van der Waals surface area contributed by atoms with Gasteiger partial charge in [-0.25, -0.2) is 9.48 Å². The van der Waals surface area contributed by atoms with Crippen LogP contribution >= 0.6 is 12.6 Å². The zero-order valence-electron chi connectivity index (χ0n) is 40.2. The molecule has 2 aromatic rings. The number of ether oxygens (including phenoxy) is 6. The fourth-order valence-corrected chi connectivity index (χ4v) is 9.45. The van der Waals surface area contributed by atoms with Crippen molar-refractivity contribution in [2.24, 2.45) is 0 Å². The number of amides is 3. The summed E-state index contributed by atoms with van der Waals surface area (Å²) in [4.78, 5) is 51.6. The lowest BCUT2D eigenvalue weighted by Gasteiger charge is -2.48. The molecule has 410 valence electrons. The van der Waals surface area contributed by atoms with Gasteiger partial charge in [0.15, 0.2) is 12.6 Å². The number of nitrogens with zero attached hydrogens (tertiary/aromatic N) is 3. The van der Waals surface area contributed by atoms with Crippen molar-refractivity contribution in [3.05, 3.63) is 40.7 Å². The first kappa shape index (κ1) is 58.1. The number of aliphatic carboxylic acids is 1. The minimum absolute atomic E-state index is 0.00763. The number of phenolic OH excluding ortho intramolecular Hbond substituents is 1. The van der Waals surface area contributed by atoms with Gasteiger partial charge in [0.1, 0.15) is 73.3 Å². The Morgan fingerprint density at radius 1 is 0.904 bits per heavy atom.